The minimum absolute atomic E-state index is 0.248. The van der Waals surface area contributed by atoms with Gasteiger partial charge in [0.05, 0.1) is 6.04 Å². The number of pyridine rings is 1. The summed E-state index contributed by atoms with van der Waals surface area (Å²) in [6.45, 7) is 1.13. The molecular weight excluding hydrogens is 174 g/mol. The van der Waals surface area contributed by atoms with Crippen LogP contribution in [0.15, 0.2) is 24.5 Å². The molecule has 0 aromatic carbocycles. The molecule has 0 radical (unpaired) electrons. The number of hydrogen-bond acceptors (Lipinski definition) is 3. The largest absolute Gasteiger partial charge is 0.326 e. The van der Waals surface area contributed by atoms with Crippen LogP contribution in [0.3, 0.4) is 0 Å². The summed E-state index contributed by atoms with van der Waals surface area (Å²) in [6, 6.07) is 4.68. The third kappa shape index (κ3) is 1.79. The molecule has 0 saturated carbocycles. The number of aromatic nitrogens is 1. The molecule has 2 heterocycles. The maximum atomic E-state index is 6.13. The Morgan fingerprint density at radius 1 is 1.57 bits per heavy atom. The van der Waals surface area contributed by atoms with Crippen molar-refractivity contribution in [3.05, 3.63) is 30.1 Å². The van der Waals surface area contributed by atoms with Gasteiger partial charge >= 0.3 is 0 Å². The van der Waals surface area contributed by atoms with Crippen LogP contribution in [0.1, 0.15) is 24.4 Å². The molecule has 1 aromatic heterocycles. The Bertz CT molecular complexity index is 276. The Morgan fingerprint density at radius 3 is 3.07 bits per heavy atom. The highest BCUT2D eigenvalue weighted by Gasteiger charge is 2.27. The Morgan fingerprint density at radius 2 is 2.43 bits per heavy atom. The summed E-state index contributed by atoms with van der Waals surface area (Å²) >= 11 is 0. The topological polar surface area (TPSA) is 42.1 Å². The van der Waals surface area contributed by atoms with Crippen LogP contribution in [-0.4, -0.2) is 29.5 Å². The van der Waals surface area contributed by atoms with Gasteiger partial charge < -0.3 is 5.73 Å². The Labute approximate surface area is 84.9 Å². The van der Waals surface area contributed by atoms with Gasteiger partial charge in [0.2, 0.25) is 0 Å². The van der Waals surface area contributed by atoms with Crippen molar-refractivity contribution >= 4 is 0 Å². The van der Waals surface area contributed by atoms with E-state index in [2.05, 4.69) is 23.0 Å². The summed E-state index contributed by atoms with van der Waals surface area (Å²) in [7, 11) is 2.14. The molecule has 2 N–H and O–H groups in total. The van der Waals surface area contributed by atoms with Gasteiger partial charge in [-0.15, -0.1) is 0 Å². The van der Waals surface area contributed by atoms with Crippen molar-refractivity contribution in [1.29, 1.82) is 0 Å². The molecule has 0 amide bonds. The van der Waals surface area contributed by atoms with E-state index in [9.17, 15) is 0 Å². The van der Waals surface area contributed by atoms with E-state index in [0.717, 1.165) is 13.0 Å². The molecular formula is C11H17N3. The van der Waals surface area contributed by atoms with Crippen LogP contribution in [0, 0.1) is 0 Å². The Balaban J connectivity index is 2.23. The lowest BCUT2D eigenvalue weighted by atomic mass is 9.92. The van der Waals surface area contributed by atoms with E-state index in [1.54, 1.807) is 6.20 Å². The average molecular weight is 191 g/mol. The van der Waals surface area contributed by atoms with Gasteiger partial charge in [0.1, 0.15) is 0 Å². The number of rotatable bonds is 1. The van der Waals surface area contributed by atoms with Gasteiger partial charge in [-0.2, -0.15) is 0 Å². The Kier molecular flexibility index (Phi) is 2.79. The number of nitrogens with zero attached hydrogens (tertiary/aromatic N) is 2. The van der Waals surface area contributed by atoms with Crippen LogP contribution in [0.2, 0.25) is 0 Å². The van der Waals surface area contributed by atoms with E-state index in [1.165, 1.54) is 12.0 Å². The molecule has 2 unspecified atom stereocenters. The molecule has 1 aliphatic heterocycles. The van der Waals surface area contributed by atoms with E-state index in [4.69, 9.17) is 5.73 Å². The molecule has 1 aromatic rings. The van der Waals surface area contributed by atoms with Crippen molar-refractivity contribution in [3.63, 3.8) is 0 Å². The van der Waals surface area contributed by atoms with E-state index in [1.807, 2.05) is 12.3 Å². The predicted molar refractivity (Wildman–Crippen MR) is 56.8 cm³/mol. The predicted octanol–water partition coefficient (Wildman–Crippen LogP) is 1.18. The summed E-state index contributed by atoms with van der Waals surface area (Å²) in [6.07, 6.45) is 6.04. The molecule has 3 heteroatoms. The summed E-state index contributed by atoms with van der Waals surface area (Å²) < 4.78 is 0. The molecule has 0 spiro atoms. The lowest BCUT2D eigenvalue weighted by Crippen LogP contribution is -2.43. The zero-order chi connectivity index (χ0) is 9.97. The molecule has 3 nitrogen and oxygen atoms in total. The maximum absolute atomic E-state index is 6.13. The van der Waals surface area contributed by atoms with Crippen LogP contribution < -0.4 is 5.73 Å². The molecule has 1 saturated heterocycles. The first-order chi connectivity index (χ1) is 6.79. The van der Waals surface area contributed by atoms with Gasteiger partial charge in [-0.3, -0.25) is 9.88 Å². The minimum atomic E-state index is 0.248. The first-order valence-corrected chi connectivity index (χ1v) is 5.15. The monoisotopic (exact) mass is 191 g/mol. The Hall–Kier alpha value is -0.930. The van der Waals surface area contributed by atoms with Gasteiger partial charge in [0.25, 0.3) is 0 Å². The second-order valence-electron chi connectivity index (χ2n) is 4.02. The number of piperidine rings is 1. The number of hydrogen-bond donors (Lipinski definition) is 1. The number of likely N-dealkylation sites (tertiary alicyclic amines) is 1. The zero-order valence-electron chi connectivity index (χ0n) is 8.56. The number of nitrogens with two attached hydrogens (primary N) is 1. The fourth-order valence-electron chi connectivity index (χ4n) is 2.25. The quantitative estimate of drug-likeness (QED) is 0.724. The van der Waals surface area contributed by atoms with Gasteiger partial charge in [0, 0.05) is 18.4 Å². The highest BCUT2D eigenvalue weighted by atomic mass is 15.2. The van der Waals surface area contributed by atoms with Crippen molar-refractivity contribution in [2.24, 2.45) is 5.73 Å². The van der Waals surface area contributed by atoms with Crippen LogP contribution in [0.25, 0.3) is 0 Å². The summed E-state index contributed by atoms with van der Waals surface area (Å²) in [4.78, 5) is 6.47. The molecule has 2 atom stereocenters. The highest BCUT2D eigenvalue weighted by Crippen LogP contribution is 2.27. The highest BCUT2D eigenvalue weighted by molar-refractivity contribution is 5.16. The lowest BCUT2D eigenvalue weighted by Gasteiger charge is -2.37. The molecule has 0 bridgehead atoms. The molecule has 76 valence electrons. The van der Waals surface area contributed by atoms with Crippen molar-refractivity contribution in [1.82, 2.24) is 9.88 Å². The molecule has 1 fully saturated rings. The minimum Gasteiger partial charge on any atom is -0.326 e. The fourth-order valence-corrected chi connectivity index (χ4v) is 2.25. The van der Waals surface area contributed by atoms with E-state index < -0.39 is 0 Å². The van der Waals surface area contributed by atoms with Gasteiger partial charge in [-0.05, 0) is 38.1 Å². The molecule has 2 rings (SSSR count). The van der Waals surface area contributed by atoms with Crippen LogP contribution in [0.4, 0.5) is 0 Å². The van der Waals surface area contributed by atoms with Crippen molar-refractivity contribution in [3.8, 4) is 0 Å². The first-order valence-electron chi connectivity index (χ1n) is 5.15. The molecule has 1 aliphatic rings. The average Bonchev–Trinajstić information content (AvgIpc) is 2.19. The van der Waals surface area contributed by atoms with Crippen LogP contribution in [-0.2, 0) is 0 Å². The summed E-state index contributed by atoms with van der Waals surface area (Å²) in [5.41, 5.74) is 7.37. The van der Waals surface area contributed by atoms with Crippen molar-refractivity contribution in [2.45, 2.75) is 24.9 Å². The molecule has 0 aliphatic carbocycles. The van der Waals surface area contributed by atoms with Gasteiger partial charge in [-0.25, -0.2) is 0 Å². The third-order valence-electron chi connectivity index (χ3n) is 2.95. The smallest absolute Gasteiger partial charge is 0.0511 e. The van der Waals surface area contributed by atoms with E-state index in [-0.39, 0.29) is 6.04 Å². The first kappa shape index (κ1) is 9.62. The summed E-state index contributed by atoms with van der Waals surface area (Å²) in [5.74, 6) is 0. The normalized spacial score (nSPS) is 29.0. The number of likely N-dealkylation sites (N-methyl/N-ethyl adjacent to an activating group) is 1. The molecule has 14 heavy (non-hydrogen) atoms. The standard InChI is InChI=1S/C11H17N3/c1-14-7-3-5-10(12)11(14)9-4-2-6-13-8-9/h2,4,6,8,10-11H,3,5,7,12H2,1H3. The fraction of sp³-hybridized carbons (Fsp3) is 0.545. The summed E-state index contributed by atoms with van der Waals surface area (Å²) in [5, 5.41) is 0. The lowest BCUT2D eigenvalue weighted by molar-refractivity contribution is 0.162. The van der Waals surface area contributed by atoms with Crippen molar-refractivity contribution in [2.75, 3.05) is 13.6 Å². The second kappa shape index (κ2) is 4.07. The second-order valence-corrected chi connectivity index (χ2v) is 4.02. The third-order valence-corrected chi connectivity index (χ3v) is 2.95. The van der Waals surface area contributed by atoms with Gasteiger partial charge in [-0.1, -0.05) is 6.07 Å². The van der Waals surface area contributed by atoms with E-state index >= 15 is 0 Å². The maximum Gasteiger partial charge on any atom is 0.0511 e. The van der Waals surface area contributed by atoms with Crippen molar-refractivity contribution < 1.29 is 0 Å². The zero-order valence-corrected chi connectivity index (χ0v) is 8.56. The SMILES string of the molecule is CN1CCCC(N)C1c1cccnc1. The van der Waals surface area contributed by atoms with Gasteiger partial charge in [0.15, 0.2) is 0 Å². The van der Waals surface area contributed by atoms with Crippen LogP contribution >= 0.6 is 0 Å². The van der Waals surface area contributed by atoms with E-state index in [0.29, 0.717) is 6.04 Å². The van der Waals surface area contributed by atoms with Crippen LogP contribution in [0.5, 0.6) is 0 Å².